The van der Waals surface area contributed by atoms with Crippen molar-refractivity contribution in [2.75, 3.05) is 16.8 Å². The highest BCUT2D eigenvalue weighted by molar-refractivity contribution is 6.69. The van der Waals surface area contributed by atoms with Gasteiger partial charge in [0.05, 0.1) is 77.2 Å². The van der Waals surface area contributed by atoms with Crippen molar-refractivity contribution < 1.29 is 36.6 Å². The Morgan fingerprint density at radius 2 is 1.60 bits per heavy atom. The summed E-state index contributed by atoms with van der Waals surface area (Å²) >= 11 is 0. The van der Waals surface area contributed by atoms with Crippen LogP contribution in [0.15, 0.2) is 24.3 Å². The van der Waals surface area contributed by atoms with E-state index < -0.39 is 63.5 Å². The van der Waals surface area contributed by atoms with Gasteiger partial charge in [-0.25, -0.2) is 4.39 Å². The van der Waals surface area contributed by atoms with Crippen molar-refractivity contribution >= 4 is 93.9 Å². The van der Waals surface area contributed by atoms with Gasteiger partial charge in [-0.15, -0.1) is 28.5 Å². The van der Waals surface area contributed by atoms with E-state index in [4.69, 9.17) is 75.4 Å². The predicted octanol–water partition coefficient (Wildman–Crippen LogP) is 0.406. The molecule has 1 aliphatic rings. The van der Waals surface area contributed by atoms with Crippen LogP contribution in [0.4, 0.5) is 29.1 Å². The lowest BCUT2D eigenvalue weighted by molar-refractivity contribution is -0.275. The second-order valence-electron chi connectivity index (χ2n) is 9.99. The Labute approximate surface area is 252 Å². The number of nitrogens with zero attached hydrogens (tertiary/aromatic N) is 2. The van der Waals surface area contributed by atoms with Crippen molar-refractivity contribution in [3.8, 4) is 11.6 Å². The number of aromatic nitrogens is 1. The predicted molar refractivity (Wildman–Crippen MR) is 154 cm³/mol. The zero-order valence-electron chi connectivity index (χ0n) is 22.2. The van der Waals surface area contributed by atoms with E-state index in [1.54, 1.807) is 0 Å². The molecule has 0 saturated heterocycles. The lowest BCUT2D eigenvalue weighted by Crippen LogP contribution is -2.58. The molecule has 196 valence electrons. The highest BCUT2D eigenvalue weighted by Gasteiger charge is 2.54. The first-order chi connectivity index (χ1) is 19.0. The minimum Gasteiger partial charge on any atom is -0.466 e. The molecule has 7 nitrogen and oxygen atoms in total. The van der Waals surface area contributed by atoms with Gasteiger partial charge in [0.15, 0.2) is 18.2 Å². The van der Waals surface area contributed by atoms with Gasteiger partial charge in [0, 0.05) is 6.42 Å². The highest BCUT2D eigenvalue weighted by atomic mass is 19.4. The van der Waals surface area contributed by atoms with Gasteiger partial charge in [-0.1, -0.05) is 11.5 Å². The standard InChI is InChI=1S/C22H14B9F4N3O4/c1-9-4-12-17(37-16(9)36-14(39)6-18(19(23,24)25,20(26,27)28)21(29,30)31)41-8-15(40)38(12)7-10-2-3-13(11(32)5-10)42-22(33,34)35/h2-5H,6-8H2,1H3,(H,36,37,39). The molecule has 42 heavy (non-hydrogen) atoms. The van der Waals surface area contributed by atoms with Gasteiger partial charge in [0.1, 0.15) is 11.5 Å². The van der Waals surface area contributed by atoms with Crippen LogP contribution in [-0.4, -0.2) is 100 Å². The number of rotatable bonds is 9. The number of hydrogen-bond acceptors (Lipinski definition) is 5. The van der Waals surface area contributed by atoms with Crippen LogP contribution in [0.1, 0.15) is 17.5 Å². The minimum absolute atomic E-state index is 0.0772. The maximum absolute atomic E-state index is 14.2. The van der Waals surface area contributed by atoms with E-state index in [1.807, 2.05) is 0 Å². The number of alkyl halides is 3. The Hall–Kier alpha value is -2.79. The van der Waals surface area contributed by atoms with Gasteiger partial charge >= 0.3 is 6.36 Å². The number of nitrogens with one attached hydrogen (secondary N) is 1. The van der Waals surface area contributed by atoms with Gasteiger partial charge in [-0.3, -0.25) is 9.59 Å². The van der Waals surface area contributed by atoms with E-state index in [-0.39, 0.29) is 35.1 Å². The Kier molecular flexibility index (Phi) is 9.13. The number of fused-ring (bicyclic) bond motifs is 1. The second-order valence-corrected chi connectivity index (χ2v) is 9.99. The maximum Gasteiger partial charge on any atom is 0.573 e. The van der Waals surface area contributed by atoms with Gasteiger partial charge in [0.25, 0.3) is 5.91 Å². The third kappa shape index (κ3) is 6.88. The third-order valence-corrected chi connectivity index (χ3v) is 6.55. The minimum atomic E-state index is -5.09. The summed E-state index contributed by atoms with van der Waals surface area (Å²) in [6.07, 6.45) is -5.97. The number of halogens is 4. The molecule has 1 aromatic heterocycles. The van der Waals surface area contributed by atoms with Crippen LogP contribution in [0.2, 0.25) is 15.3 Å². The molecule has 0 unspecified atom stereocenters. The van der Waals surface area contributed by atoms with E-state index >= 15 is 0 Å². The number of carbonyl (C=O) groups excluding carboxylic acids is 2. The summed E-state index contributed by atoms with van der Waals surface area (Å²) in [5.41, 5.74) is -1.87. The molecule has 20 heteroatoms. The van der Waals surface area contributed by atoms with E-state index in [2.05, 4.69) is 15.0 Å². The zero-order valence-corrected chi connectivity index (χ0v) is 22.2. The topological polar surface area (TPSA) is 80.8 Å². The number of ether oxygens (including phenoxy) is 2. The molecule has 0 saturated carbocycles. The molecule has 0 fully saturated rings. The summed E-state index contributed by atoms with van der Waals surface area (Å²) < 4.78 is 60.6. The number of pyridine rings is 1. The van der Waals surface area contributed by atoms with Crippen molar-refractivity contribution in [3.63, 3.8) is 0 Å². The van der Waals surface area contributed by atoms with E-state index in [1.165, 1.54) is 13.0 Å². The monoisotopic (exact) mass is 559 g/mol. The fourth-order valence-electron chi connectivity index (χ4n) is 4.56. The van der Waals surface area contributed by atoms with Gasteiger partial charge in [0.2, 0.25) is 11.8 Å². The molecule has 2 heterocycles. The van der Waals surface area contributed by atoms with Crippen LogP contribution in [-0.2, 0) is 16.1 Å². The largest absolute Gasteiger partial charge is 0.573 e. The fraction of sp³-hybridized carbons (Fsp3) is 0.409. The van der Waals surface area contributed by atoms with Crippen LogP contribution >= 0.6 is 0 Å². The first-order valence-electron chi connectivity index (χ1n) is 11.9. The van der Waals surface area contributed by atoms with Crippen molar-refractivity contribution in [1.82, 2.24) is 4.98 Å². The van der Waals surface area contributed by atoms with E-state index in [0.717, 1.165) is 23.1 Å². The first kappa shape index (κ1) is 33.7. The number of hydrogen-bond donors (Lipinski definition) is 1. The molecular weight excluding hydrogens is 544 g/mol. The Morgan fingerprint density at radius 1 is 1.02 bits per heavy atom. The van der Waals surface area contributed by atoms with Gasteiger partial charge in [-0.2, -0.15) is 4.98 Å². The fourth-order valence-corrected chi connectivity index (χ4v) is 4.56. The molecule has 2 amide bonds. The molecule has 3 rings (SSSR count). The number of carbonyl (C=O) groups is 2. The van der Waals surface area contributed by atoms with Crippen molar-refractivity contribution in [1.29, 1.82) is 0 Å². The van der Waals surface area contributed by atoms with Crippen LogP contribution < -0.4 is 19.7 Å². The molecule has 0 atom stereocenters. The SMILES string of the molecule is [B]C([B])([B])C(CC(=O)Nc1nc2c(cc1C)N(Cc1ccc(OC(F)(F)F)c(F)c1)C(=O)CO2)(C([B])([B])[B])C([B])([B])[B]. The maximum atomic E-state index is 14.2. The number of benzene rings is 1. The van der Waals surface area contributed by atoms with Gasteiger partial charge in [-0.05, 0) is 36.2 Å². The third-order valence-electron chi connectivity index (χ3n) is 6.55. The zero-order chi connectivity index (χ0) is 32.1. The first-order valence-corrected chi connectivity index (χ1v) is 11.9. The second kappa shape index (κ2) is 11.4. The molecule has 2 aromatic rings. The smallest absolute Gasteiger partial charge is 0.466 e. The molecule has 0 bridgehead atoms. The van der Waals surface area contributed by atoms with Crippen molar-refractivity contribution in [2.24, 2.45) is 5.41 Å². The molecular formula is C22H14B9F4N3O4. The van der Waals surface area contributed by atoms with Crippen LogP contribution in [0.25, 0.3) is 0 Å². The molecule has 1 aliphatic heterocycles. The van der Waals surface area contributed by atoms with Crippen molar-refractivity contribution in [3.05, 3.63) is 41.2 Å². The average molecular weight is 558 g/mol. The highest BCUT2D eigenvalue weighted by Crippen LogP contribution is 2.63. The van der Waals surface area contributed by atoms with Crippen molar-refractivity contribution in [2.45, 2.75) is 41.6 Å². The summed E-state index contributed by atoms with van der Waals surface area (Å²) in [5, 5.41) is -4.97. The van der Waals surface area contributed by atoms with Crippen LogP contribution in [0.3, 0.4) is 0 Å². The summed E-state index contributed by atoms with van der Waals surface area (Å²) in [7, 11) is 52.5. The van der Waals surface area contributed by atoms with Crippen LogP contribution in [0, 0.1) is 18.2 Å². The number of anilines is 2. The molecule has 0 aliphatic carbocycles. The summed E-state index contributed by atoms with van der Waals surface area (Å²) in [4.78, 5) is 31.1. The summed E-state index contributed by atoms with van der Waals surface area (Å²) in [6, 6.07) is 4.13. The quantitative estimate of drug-likeness (QED) is 0.357. The van der Waals surface area contributed by atoms with Gasteiger partial charge < -0.3 is 19.7 Å². The summed E-state index contributed by atoms with van der Waals surface area (Å²) in [5.74, 6) is -4.02. The van der Waals surface area contributed by atoms with E-state index in [0.29, 0.717) is 0 Å². The normalized spacial score (nSPS) is 14.6. The molecule has 0 spiro atoms. The Balaban J connectivity index is 1.90. The molecule has 1 aromatic carbocycles. The summed E-state index contributed by atoms with van der Waals surface area (Å²) in [6.45, 7) is 0.740. The lowest BCUT2D eigenvalue weighted by Gasteiger charge is -2.65. The Bertz CT molecular complexity index is 1340. The Morgan fingerprint density at radius 3 is 2.10 bits per heavy atom. The van der Waals surface area contributed by atoms with Crippen LogP contribution in [0.5, 0.6) is 11.6 Å². The molecule has 1 N–H and O–H groups in total. The lowest BCUT2D eigenvalue weighted by atomic mass is 9.09. The average Bonchev–Trinajstić information content (AvgIpc) is 2.79. The number of aryl methyl sites for hydroxylation is 1. The number of amides is 2. The molecule has 18 radical (unpaired) electrons. The van der Waals surface area contributed by atoms with E-state index in [9.17, 15) is 27.2 Å².